The Bertz CT molecular complexity index is 383. The van der Waals surface area contributed by atoms with Crippen LogP contribution in [0.15, 0.2) is 18.2 Å². The average Bonchev–Trinajstić information content (AvgIpc) is 2.34. The molecule has 0 spiro atoms. The van der Waals surface area contributed by atoms with Crippen molar-refractivity contribution in [3.05, 3.63) is 29.3 Å². The van der Waals surface area contributed by atoms with Gasteiger partial charge in [0.05, 0.1) is 13.2 Å². The van der Waals surface area contributed by atoms with Gasteiger partial charge in [-0.15, -0.1) is 0 Å². The molecule has 18 heavy (non-hydrogen) atoms. The molecule has 0 saturated carbocycles. The van der Waals surface area contributed by atoms with Gasteiger partial charge in [0.2, 0.25) is 0 Å². The fraction of sp³-hybridized carbons (Fsp3) is 0.600. The number of methoxy groups -OCH3 is 1. The van der Waals surface area contributed by atoms with Crippen LogP contribution >= 0.6 is 0 Å². The van der Waals surface area contributed by atoms with Gasteiger partial charge < -0.3 is 15.2 Å². The van der Waals surface area contributed by atoms with Crippen molar-refractivity contribution in [2.75, 3.05) is 20.2 Å². The zero-order valence-corrected chi connectivity index (χ0v) is 12.1. The van der Waals surface area contributed by atoms with Crippen molar-refractivity contribution in [1.82, 2.24) is 5.32 Å². The van der Waals surface area contributed by atoms with Gasteiger partial charge in [-0.25, -0.2) is 0 Å². The van der Waals surface area contributed by atoms with E-state index >= 15 is 0 Å². The number of nitrogens with one attached hydrogen (secondary N) is 1. The quantitative estimate of drug-likeness (QED) is 0.845. The number of aliphatic hydroxyl groups is 1. The molecule has 3 heteroatoms. The molecule has 2 N–H and O–H groups in total. The number of hydrogen-bond donors (Lipinski definition) is 2. The minimum Gasteiger partial charge on any atom is -0.496 e. The maximum absolute atomic E-state index is 10.2. The summed E-state index contributed by atoms with van der Waals surface area (Å²) in [6.45, 7) is 9.90. The Morgan fingerprint density at radius 1 is 1.33 bits per heavy atom. The Morgan fingerprint density at radius 3 is 2.50 bits per heavy atom. The predicted octanol–water partition coefficient (Wildman–Crippen LogP) is 2.64. The summed E-state index contributed by atoms with van der Waals surface area (Å²) >= 11 is 0. The second-order valence-electron chi connectivity index (χ2n) is 5.53. The average molecular weight is 251 g/mol. The second-order valence-corrected chi connectivity index (χ2v) is 5.53. The van der Waals surface area contributed by atoms with E-state index in [9.17, 15) is 5.11 Å². The van der Waals surface area contributed by atoms with Crippen LogP contribution in [0.25, 0.3) is 0 Å². The van der Waals surface area contributed by atoms with Crippen molar-refractivity contribution in [1.29, 1.82) is 0 Å². The van der Waals surface area contributed by atoms with E-state index in [4.69, 9.17) is 4.74 Å². The van der Waals surface area contributed by atoms with E-state index in [1.165, 1.54) is 5.56 Å². The maximum Gasteiger partial charge on any atom is 0.124 e. The molecule has 0 radical (unpaired) electrons. The fourth-order valence-electron chi connectivity index (χ4n) is 1.85. The molecule has 102 valence electrons. The van der Waals surface area contributed by atoms with Crippen LogP contribution in [0.3, 0.4) is 0 Å². The molecular weight excluding hydrogens is 226 g/mol. The van der Waals surface area contributed by atoms with E-state index in [-0.39, 0.29) is 5.41 Å². The third-order valence-electron chi connectivity index (χ3n) is 3.04. The first-order chi connectivity index (χ1) is 8.40. The molecule has 0 bridgehead atoms. The van der Waals surface area contributed by atoms with Crippen LogP contribution in [0.2, 0.25) is 0 Å². The third kappa shape index (κ3) is 3.72. The number of ether oxygens (including phenoxy) is 1. The lowest BCUT2D eigenvalue weighted by Crippen LogP contribution is -2.22. The Kier molecular flexibility index (Phi) is 5.17. The van der Waals surface area contributed by atoms with E-state index in [1.807, 2.05) is 19.1 Å². The number of rotatable bonds is 5. The maximum atomic E-state index is 10.2. The SMILES string of the molecule is CCNCC(O)c1cc(C(C)(C)C)ccc1OC. The topological polar surface area (TPSA) is 41.5 Å². The van der Waals surface area contributed by atoms with Crippen LogP contribution in [0.5, 0.6) is 5.75 Å². The molecule has 1 rings (SSSR count). The Balaban J connectivity index is 3.06. The van der Waals surface area contributed by atoms with Gasteiger partial charge in [0.15, 0.2) is 0 Å². The summed E-state index contributed by atoms with van der Waals surface area (Å²) in [5, 5.41) is 13.4. The van der Waals surface area contributed by atoms with Crippen molar-refractivity contribution >= 4 is 0 Å². The highest BCUT2D eigenvalue weighted by Crippen LogP contribution is 2.31. The molecule has 0 aromatic heterocycles. The molecular formula is C15H25NO2. The van der Waals surface area contributed by atoms with E-state index in [0.717, 1.165) is 17.9 Å². The van der Waals surface area contributed by atoms with Crippen LogP contribution in [-0.2, 0) is 5.41 Å². The number of hydrogen-bond acceptors (Lipinski definition) is 3. The first kappa shape index (κ1) is 15.0. The molecule has 1 unspecified atom stereocenters. The van der Waals surface area contributed by atoms with Crippen LogP contribution in [0.1, 0.15) is 44.9 Å². The van der Waals surface area contributed by atoms with Gasteiger partial charge >= 0.3 is 0 Å². The smallest absolute Gasteiger partial charge is 0.124 e. The first-order valence-electron chi connectivity index (χ1n) is 6.47. The highest BCUT2D eigenvalue weighted by Gasteiger charge is 2.19. The largest absolute Gasteiger partial charge is 0.496 e. The minimum atomic E-state index is -0.540. The summed E-state index contributed by atoms with van der Waals surface area (Å²) in [5.41, 5.74) is 2.12. The normalized spacial score (nSPS) is 13.4. The summed E-state index contributed by atoms with van der Waals surface area (Å²) in [6, 6.07) is 6.04. The molecule has 0 aliphatic heterocycles. The van der Waals surface area contributed by atoms with Crippen LogP contribution < -0.4 is 10.1 Å². The molecule has 0 heterocycles. The van der Waals surface area contributed by atoms with Gasteiger partial charge in [-0.2, -0.15) is 0 Å². The highest BCUT2D eigenvalue weighted by atomic mass is 16.5. The second kappa shape index (κ2) is 6.21. The van der Waals surface area contributed by atoms with E-state index < -0.39 is 6.10 Å². The van der Waals surface area contributed by atoms with Gasteiger partial charge in [0.1, 0.15) is 5.75 Å². The number of benzene rings is 1. The Morgan fingerprint density at radius 2 is 2.00 bits per heavy atom. The zero-order chi connectivity index (χ0) is 13.8. The van der Waals surface area contributed by atoms with Gasteiger partial charge in [0, 0.05) is 12.1 Å². The summed E-state index contributed by atoms with van der Waals surface area (Å²) in [7, 11) is 1.63. The summed E-state index contributed by atoms with van der Waals surface area (Å²) in [6.07, 6.45) is -0.540. The van der Waals surface area contributed by atoms with Crippen LogP contribution in [0, 0.1) is 0 Å². The monoisotopic (exact) mass is 251 g/mol. The van der Waals surface area contributed by atoms with Crippen LogP contribution in [0.4, 0.5) is 0 Å². The van der Waals surface area contributed by atoms with Gasteiger partial charge in [-0.05, 0) is 29.7 Å². The van der Waals surface area contributed by atoms with Gasteiger partial charge in [-0.1, -0.05) is 33.8 Å². The van der Waals surface area contributed by atoms with Gasteiger partial charge in [0.25, 0.3) is 0 Å². The molecule has 0 aliphatic rings. The predicted molar refractivity (Wildman–Crippen MR) is 75.2 cm³/mol. The molecule has 1 atom stereocenters. The van der Waals surface area contributed by atoms with E-state index in [0.29, 0.717) is 6.54 Å². The lowest BCUT2D eigenvalue weighted by Gasteiger charge is -2.23. The molecule has 0 aliphatic carbocycles. The third-order valence-corrected chi connectivity index (χ3v) is 3.04. The minimum absolute atomic E-state index is 0.0684. The highest BCUT2D eigenvalue weighted by molar-refractivity contribution is 5.41. The first-order valence-corrected chi connectivity index (χ1v) is 6.47. The fourth-order valence-corrected chi connectivity index (χ4v) is 1.85. The number of aliphatic hydroxyl groups excluding tert-OH is 1. The lowest BCUT2D eigenvalue weighted by atomic mass is 9.85. The molecule has 3 nitrogen and oxygen atoms in total. The molecule has 0 amide bonds. The summed E-state index contributed by atoms with van der Waals surface area (Å²) in [4.78, 5) is 0. The summed E-state index contributed by atoms with van der Waals surface area (Å²) in [5.74, 6) is 0.744. The van der Waals surface area contributed by atoms with Crippen molar-refractivity contribution in [2.24, 2.45) is 0 Å². The Hall–Kier alpha value is -1.06. The summed E-state index contributed by atoms with van der Waals surface area (Å²) < 4.78 is 5.33. The zero-order valence-electron chi connectivity index (χ0n) is 12.1. The van der Waals surface area contributed by atoms with Crippen molar-refractivity contribution < 1.29 is 9.84 Å². The molecule has 1 aromatic carbocycles. The van der Waals surface area contributed by atoms with Crippen LogP contribution in [-0.4, -0.2) is 25.3 Å². The van der Waals surface area contributed by atoms with Crippen molar-refractivity contribution in [2.45, 2.75) is 39.2 Å². The number of likely N-dealkylation sites (N-methyl/N-ethyl adjacent to an activating group) is 1. The standard InChI is InChI=1S/C15H25NO2/c1-6-16-10-13(17)12-9-11(15(2,3)4)7-8-14(12)18-5/h7-9,13,16-17H,6,10H2,1-5H3. The molecule has 0 saturated heterocycles. The Labute approximate surface area is 110 Å². The van der Waals surface area contributed by atoms with Crippen molar-refractivity contribution in [3.8, 4) is 5.75 Å². The molecule has 0 fully saturated rings. The van der Waals surface area contributed by atoms with E-state index in [2.05, 4.69) is 32.2 Å². The lowest BCUT2D eigenvalue weighted by molar-refractivity contribution is 0.171. The van der Waals surface area contributed by atoms with Crippen molar-refractivity contribution in [3.63, 3.8) is 0 Å². The van der Waals surface area contributed by atoms with E-state index in [1.54, 1.807) is 7.11 Å². The van der Waals surface area contributed by atoms with Gasteiger partial charge in [-0.3, -0.25) is 0 Å². The molecule has 1 aromatic rings.